The number of fused-ring (bicyclic) bond motifs is 1. The third-order valence-electron chi connectivity index (χ3n) is 3.89. The summed E-state index contributed by atoms with van der Waals surface area (Å²) in [6.07, 6.45) is 2.96. The van der Waals surface area contributed by atoms with Gasteiger partial charge < -0.3 is 15.0 Å². The maximum atomic E-state index is 12.5. The lowest BCUT2D eigenvalue weighted by Crippen LogP contribution is -2.43. The highest BCUT2D eigenvalue weighted by molar-refractivity contribution is 7.09. The number of aromatic nitrogens is 3. The lowest BCUT2D eigenvalue weighted by atomic mass is 10.0. The molecule has 0 saturated carbocycles. The number of hydrogen-bond acceptors (Lipinski definition) is 5. The first-order chi connectivity index (χ1) is 10.6. The third-order valence-corrected chi connectivity index (χ3v) is 4.88. The van der Waals surface area contributed by atoms with Gasteiger partial charge in [-0.25, -0.2) is 14.8 Å². The SMILES string of the molecule is Cc1ncsc1CCC(=O)N1CCc2[nH]cnc2C1C(=O)O. The highest BCUT2D eigenvalue weighted by Gasteiger charge is 2.37. The number of carbonyl (C=O) groups excluding carboxylic acids is 1. The van der Waals surface area contributed by atoms with Crippen molar-refractivity contribution in [1.82, 2.24) is 19.9 Å². The average Bonchev–Trinajstić information content (AvgIpc) is 3.11. The smallest absolute Gasteiger partial charge is 0.332 e. The average molecular weight is 320 g/mol. The quantitative estimate of drug-likeness (QED) is 0.885. The molecule has 7 nitrogen and oxygen atoms in total. The van der Waals surface area contributed by atoms with Gasteiger partial charge in [-0.15, -0.1) is 11.3 Å². The molecule has 0 fully saturated rings. The first-order valence-corrected chi connectivity index (χ1v) is 7.89. The molecule has 3 rings (SSSR count). The van der Waals surface area contributed by atoms with Gasteiger partial charge in [0.15, 0.2) is 6.04 Å². The summed E-state index contributed by atoms with van der Waals surface area (Å²) in [5.74, 6) is -1.20. The van der Waals surface area contributed by atoms with Gasteiger partial charge >= 0.3 is 5.97 Å². The van der Waals surface area contributed by atoms with E-state index in [1.165, 1.54) is 22.6 Å². The Morgan fingerprint density at radius 2 is 2.32 bits per heavy atom. The molecule has 0 radical (unpaired) electrons. The summed E-state index contributed by atoms with van der Waals surface area (Å²) in [7, 11) is 0. The van der Waals surface area contributed by atoms with E-state index >= 15 is 0 Å². The number of hydrogen-bond donors (Lipinski definition) is 2. The Kier molecular flexibility index (Phi) is 3.93. The summed E-state index contributed by atoms with van der Waals surface area (Å²) in [5, 5.41) is 9.46. The molecule has 1 aliphatic rings. The molecule has 2 aromatic rings. The summed E-state index contributed by atoms with van der Waals surface area (Å²) in [6.45, 7) is 2.31. The zero-order chi connectivity index (χ0) is 15.7. The van der Waals surface area contributed by atoms with Gasteiger partial charge in [-0.1, -0.05) is 0 Å². The van der Waals surface area contributed by atoms with Crippen LogP contribution in [0.25, 0.3) is 0 Å². The van der Waals surface area contributed by atoms with Crippen LogP contribution in [0.4, 0.5) is 0 Å². The van der Waals surface area contributed by atoms with Crippen LogP contribution in [0, 0.1) is 6.92 Å². The van der Waals surface area contributed by atoms with Crippen molar-refractivity contribution in [3.05, 3.63) is 33.8 Å². The number of nitrogens with zero attached hydrogens (tertiary/aromatic N) is 3. The number of amides is 1. The van der Waals surface area contributed by atoms with Crippen molar-refractivity contribution in [2.75, 3.05) is 6.54 Å². The van der Waals surface area contributed by atoms with Gasteiger partial charge in [0.05, 0.1) is 23.2 Å². The van der Waals surface area contributed by atoms with E-state index in [0.29, 0.717) is 25.1 Å². The topological polar surface area (TPSA) is 99.2 Å². The van der Waals surface area contributed by atoms with Crippen molar-refractivity contribution in [3.8, 4) is 0 Å². The number of imidazole rings is 1. The second-order valence-corrected chi connectivity index (χ2v) is 6.14. The molecule has 0 saturated heterocycles. The van der Waals surface area contributed by atoms with E-state index in [0.717, 1.165) is 16.3 Å². The van der Waals surface area contributed by atoms with Gasteiger partial charge in [0.1, 0.15) is 0 Å². The molecule has 22 heavy (non-hydrogen) atoms. The number of nitrogens with one attached hydrogen (secondary N) is 1. The Hall–Kier alpha value is -2.22. The number of carboxylic acids is 1. The fourth-order valence-electron chi connectivity index (χ4n) is 2.73. The Morgan fingerprint density at radius 1 is 1.50 bits per heavy atom. The van der Waals surface area contributed by atoms with Crippen LogP contribution in [0.1, 0.15) is 34.4 Å². The molecule has 8 heteroatoms. The van der Waals surface area contributed by atoms with Crippen molar-refractivity contribution in [1.29, 1.82) is 0 Å². The zero-order valence-corrected chi connectivity index (χ0v) is 12.9. The third kappa shape index (κ3) is 2.61. The van der Waals surface area contributed by atoms with E-state index in [-0.39, 0.29) is 12.3 Å². The van der Waals surface area contributed by atoms with Crippen LogP contribution in [0.2, 0.25) is 0 Å². The number of aromatic amines is 1. The molecule has 2 aromatic heterocycles. The van der Waals surface area contributed by atoms with E-state index in [1.807, 2.05) is 6.92 Å². The second-order valence-electron chi connectivity index (χ2n) is 5.21. The minimum atomic E-state index is -1.05. The van der Waals surface area contributed by atoms with Gasteiger partial charge in [-0.05, 0) is 13.3 Å². The lowest BCUT2D eigenvalue weighted by molar-refractivity contribution is -0.151. The molecule has 1 aliphatic heterocycles. The Balaban J connectivity index is 1.74. The summed E-state index contributed by atoms with van der Waals surface area (Å²) in [6, 6.07) is -0.995. The largest absolute Gasteiger partial charge is 0.479 e. The maximum absolute atomic E-state index is 12.5. The number of thiazole rings is 1. The summed E-state index contributed by atoms with van der Waals surface area (Å²) >= 11 is 1.52. The van der Waals surface area contributed by atoms with Crippen molar-refractivity contribution in [2.45, 2.75) is 32.2 Å². The van der Waals surface area contributed by atoms with Crippen molar-refractivity contribution in [2.24, 2.45) is 0 Å². The standard InChI is InChI=1S/C14H16N4O3S/c1-8-10(22-7-17-8)2-3-11(19)18-5-4-9-12(16-6-15-9)13(18)14(20)21/h6-7,13H,2-5H2,1H3,(H,15,16)(H,20,21). The molecular weight excluding hydrogens is 304 g/mol. The van der Waals surface area contributed by atoms with E-state index in [2.05, 4.69) is 15.0 Å². The van der Waals surface area contributed by atoms with Crippen molar-refractivity contribution < 1.29 is 14.7 Å². The van der Waals surface area contributed by atoms with Crippen molar-refractivity contribution >= 4 is 23.2 Å². The first-order valence-electron chi connectivity index (χ1n) is 7.01. The Labute approximate surface area is 131 Å². The zero-order valence-electron chi connectivity index (χ0n) is 12.1. The van der Waals surface area contributed by atoms with Crippen molar-refractivity contribution in [3.63, 3.8) is 0 Å². The van der Waals surface area contributed by atoms with Crippen LogP contribution >= 0.6 is 11.3 Å². The van der Waals surface area contributed by atoms with Crippen LogP contribution < -0.4 is 0 Å². The van der Waals surface area contributed by atoms with Gasteiger partial charge in [0.25, 0.3) is 0 Å². The number of rotatable bonds is 4. The molecular formula is C14H16N4O3S. The molecule has 0 spiro atoms. The van der Waals surface area contributed by atoms with Gasteiger partial charge in [0, 0.05) is 30.0 Å². The first kappa shape index (κ1) is 14.7. The van der Waals surface area contributed by atoms with E-state index < -0.39 is 12.0 Å². The minimum absolute atomic E-state index is 0.158. The fraction of sp³-hybridized carbons (Fsp3) is 0.429. The van der Waals surface area contributed by atoms with Crippen LogP contribution in [0.5, 0.6) is 0 Å². The molecule has 0 bridgehead atoms. The highest BCUT2D eigenvalue weighted by atomic mass is 32.1. The normalized spacial score (nSPS) is 17.3. The number of aliphatic carboxylic acids is 1. The molecule has 116 valence electrons. The predicted molar refractivity (Wildman–Crippen MR) is 79.6 cm³/mol. The molecule has 0 aliphatic carbocycles. The fourth-order valence-corrected chi connectivity index (χ4v) is 3.51. The molecule has 1 atom stereocenters. The number of carbonyl (C=O) groups is 2. The highest BCUT2D eigenvalue weighted by Crippen LogP contribution is 2.28. The molecule has 1 amide bonds. The summed E-state index contributed by atoms with van der Waals surface area (Å²) in [4.78, 5) is 37.7. The Morgan fingerprint density at radius 3 is 3.00 bits per heavy atom. The molecule has 2 N–H and O–H groups in total. The summed E-state index contributed by atoms with van der Waals surface area (Å²) < 4.78 is 0. The van der Waals surface area contributed by atoms with Gasteiger partial charge in [-0.3, -0.25) is 4.79 Å². The summed E-state index contributed by atoms with van der Waals surface area (Å²) in [5.41, 5.74) is 3.93. The van der Waals surface area contributed by atoms with Gasteiger partial charge in [-0.2, -0.15) is 0 Å². The number of aryl methyl sites for hydroxylation is 2. The predicted octanol–water partition coefficient (Wildman–Crippen LogP) is 1.32. The van der Waals surface area contributed by atoms with E-state index in [9.17, 15) is 14.7 Å². The molecule has 3 heterocycles. The molecule has 0 aromatic carbocycles. The lowest BCUT2D eigenvalue weighted by Gasteiger charge is -2.32. The van der Waals surface area contributed by atoms with Crippen LogP contribution in [0.3, 0.4) is 0 Å². The van der Waals surface area contributed by atoms with Crippen LogP contribution in [-0.4, -0.2) is 43.4 Å². The maximum Gasteiger partial charge on any atom is 0.332 e. The molecule has 1 unspecified atom stereocenters. The van der Waals surface area contributed by atoms with E-state index in [4.69, 9.17) is 0 Å². The second kappa shape index (κ2) is 5.88. The van der Waals surface area contributed by atoms with Gasteiger partial charge in [0.2, 0.25) is 5.91 Å². The van der Waals surface area contributed by atoms with Crippen LogP contribution in [0.15, 0.2) is 11.8 Å². The van der Waals surface area contributed by atoms with Crippen LogP contribution in [-0.2, 0) is 22.4 Å². The number of H-pyrrole nitrogens is 1. The van der Waals surface area contributed by atoms with E-state index in [1.54, 1.807) is 5.51 Å². The monoisotopic (exact) mass is 320 g/mol. The number of carboxylic acid groups (broad SMARTS) is 1. The Bertz CT molecular complexity index is 709. The minimum Gasteiger partial charge on any atom is -0.479 e.